The van der Waals surface area contributed by atoms with E-state index in [-0.39, 0.29) is 0 Å². The molecule has 1 aromatic carbocycles. The number of hydrogen-bond acceptors (Lipinski definition) is 6. The average Bonchev–Trinajstić information content (AvgIpc) is 3.05. The van der Waals surface area contributed by atoms with E-state index in [1.807, 2.05) is 6.20 Å². The van der Waals surface area contributed by atoms with E-state index in [0.29, 0.717) is 11.2 Å². The Kier molecular flexibility index (Phi) is 6.07. The molecule has 24 heavy (non-hydrogen) atoms. The zero-order chi connectivity index (χ0) is 16.8. The number of nitrogens with two attached hydrogens (primary N) is 1. The Hall–Kier alpha value is -1.63. The molecule has 1 aromatic heterocycles. The third-order valence-corrected chi connectivity index (χ3v) is 5.37. The topological polar surface area (TPSA) is 63.4 Å². The smallest absolute Gasteiger partial charge is 0.180 e. The van der Waals surface area contributed by atoms with Crippen LogP contribution in [-0.2, 0) is 6.54 Å². The van der Waals surface area contributed by atoms with Crippen LogP contribution in [0.5, 0.6) is 5.75 Å². The predicted octanol–water partition coefficient (Wildman–Crippen LogP) is 3.05. The van der Waals surface area contributed by atoms with Gasteiger partial charge < -0.3 is 15.8 Å². The summed E-state index contributed by atoms with van der Waals surface area (Å²) >= 11 is 1.55. The summed E-state index contributed by atoms with van der Waals surface area (Å²) in [6.45, 7) is 4.08. The van der Waals surface area contributed by atoms with Crippen molar-refractivity contribution in [2.24, 2.45) is 0 Å². The first-order chi connectivity index (χ1) is 11.8. The molecule has 2 aromatic rings. The number of nitrogens with one attached hydrogen (secondary N) is 1. The highest BCUT2D eigenvalue weighted by molar-refractivity contribution is 7.15. The van der Waals surface area contributed by atoms with E-state index < -0.39 is 0 Å². The molecule has 0 saturated carbocycles. The number of ether oxygens (including phenoxy) is 1. The molecule has 3 rings (SSSR count). The van der Waals surface area contributed by atoms with Crippen LogP contribution in [0.15, 0.2) is 30.5 Å². The van der Waals surface area contributed by atoms with Crippen molar-refractivity contribution in [3.63, 3.8) is 0 Å². The Morgan fingerprint density at radius 2 is 2.00 bits per heavy atom. The van der Waals surface area contributed by atoms with E-state index in [1.165, 1.54) is 42.8 Å². The summed E-state index contributed by atoms with van der Waals surface area (Å²) in [6, 6.07) is 8.86. The minimum absolute atomic E-state index is 0.390. The zero-order valence-corrected chi connectivity index (χ0v) is 15.0. The van der Waals surface area contributed by atoms with Crippen LogP contribution in [0.25, 0.3) is 0 Å². The molecule has 0 aliphatic carbocycles. The van der Waals surface area contributed by atoms with Crippen LogP contribution in [0.3, 0.4) is 0 Å². The molecule has 1 fully saturated rings. The number of methoxy groups -OCH3 is 1. The third-order valence-electron chi connectivity index (χ3n) is 4.54. The van der Waals surface area contributed by atoms with E-state index in [9.17, 15) is 0 Å². The lowest BCUT2D eigenvalue weighted by Crippen LogP contribution is -2.38. The van der Waals surface area contributed by atoms with Crippen molar-refractivity contribution in [2.45, 2.75) is 31.8 Å². The van der Waals surface area contributed by atoms with Gasteiger partial charge in [0.15, 0.2) is 5.13 Å². The molecule has 0 spiro atoms. The van der Waals surface area contributed by atoms with Gasteiger partial charge in [0.25, 0.3) is 0 Å². The highest BCUT2D eigenvalue weighted by atomic mass is 32.1. The van der Waals surface area contributed by atoms with Gasteiger partial charge in [-0.3, -0.25) is 4.90 Å². The van der Waals surface area contributed by atoms with Crippen LogP contribution in [0.2, 0.25) is 0 Å². The molecular weight excluding hydrogens is 320 g/mol. The van der Waals surface area contributed by atoms with Crippen molar-refractivity contribution < 1.29 is 4.74 Å². The van der Waals surface area contributed by atoms with Gasteiger partial charge in [-0.1, -0.05) is 18.6 Å². The molecule has 130 valence electrons. The Morgan fingerprint density at radius 1 is 1.25 bits per heavy atom. The van der Waals surface area contributed by atoms with E-state index in [4.69, 9.17) is 10.5 Å². The number of aromatic nitrogens is 1. The highest BCUT2D eigenvalue weighted by Crippen LogP contribution is 2.26. The average molecular weight is 347 g/mol. The van der Waals surface area contributed by atoms with Crippen molar-refractivity contribution in [2.75, 3.05) is 32.5 Å². The molecule has 5 nitrogen and oxygen atoms in total. The van der Waals surface area contributed by atoms with Gasteiger partial charge >= 0.3 is 0 Å². The van der Waals surface area contributed by atoms with Crippen LogP contribution in [-0.4, -0.2) is 36.6 Å². The van der Waals surface area contributed by atoms with Crippen LogP contribution in [0, 0.1) is 0 Å². The first-order valence-electron chi connectivity index (χ1n) is 8.55. The number of hydrogen-bond donors (Lipinski definition) is 2. The first kappa shape index (κ1) is 17.2. The number of thiazole rings is 1. The van der Waals surface area contributed by atoms with Gasteiger partial charge in [-0.05, 0) is 43.6 Å². The summed E-state index contributed by atoms with van der Waals surface area (Å²) in [5, 5.41) is 4.22. The molecule has 0 amide bonds. The number of rotatable bonds is 7. The second-order valence-corrected chi connectivity index (χ2v) is 7.33. The second kappa shape index (κ2) is 8.46. The maximum atomic E-state index is 5.70. The molecular formula is C18H26N4OS. The number of benzene rings is 1. The molecule has 1 unspecified atom stereocenters. The Balaban J connectivity index is 1.66. The number of nitrogens with zero attached hydrogens (tertiary/aromatic N) is 2. The molecule has 3 N–H and O–H groups in total. The number of nitrogen functional groups attached to an aromatic ring is 1. The summed E-state index contributed by atoms with van der Waals surface area (Å²) in [5.41, 5.74) is 7.05. The van der Waals surface area contributed by atoms with Gasteiger partial charge in [0.2, 0.25) is 0 Å². The molecule has 1 aliphatic heterocycles. The fraction of sp³-hybridized carbons (Fsp3) is 0.500. The molecule has 1 aliphatic rings. The van der Waals surface area contributed by atoms with E-state index in [2.05, 4.69) is 39.5 Å². The van der Waals surface area contributed by atoms with Gasteiger partial charge in [0, 0.05) is 30.2 Å². The molecule has 1 saturated heterocycles. The van der Waals surface area contributed by atoms with Crippen LogP contribution >= 0.6 is 11.3 Å². The molecule has 6 heteroatoms. The third kappa shape index (κ3) is 4.47. The summed E-state index contributed by atoms with van der Waals surface area (Å²) in [4.78, 5) is 7.89. The fourth-order valence-corrected chi connectivity index (χ4v) is 3.90. The Morgan fingerprint density at radius 3 is 2.62 bits per heavy atom. The van der Waals surface area contributed by atoms with Crippen molar-refractivity contribution in [3.8, 4) is 5.75 Å². The predicted molar refractivity (Wildman–Crippen MR) is 99.4 cm³/mol. The SMILES string of the molecule is COc1ccc(C(CNCc2cnc(N)s2)N2CCCCC2)cc1. The monoisotopic (exact) mass is 346 g/mol. The van der Waals surface area contributed by atoms with E-state index >= 15 is 0 Å². The quantitative estimate of drug-likeness (QED) is 0.807. The van der Waals surface area contributed by atoms with Crippen molar-refractivity contribution >= 4 is 16.5 Å². The maximum absolute atomic E-state index is 5.70. The van der Waals surface area contributed by atoms with Crippen molar-refractivity contribution in [3.05, 3.63) is 40.9 Å². The van der Waals surface area contributed by atoms with Crippen LogP contribution in [0.1, 0.15) is 35.7 Å². The first-order valence-corrected chi connectivity index (χ1v) is 9.37. The Labute approximate surface area is 147 Å². The minimum Gasteiger partial charge on any atom is -0.497 e. The lowest BCUT2D eigenvalue weighted by Gasteiger charge is -2.35. The highest BCUT2D eigenvalue weighted by Gasteiger charge is 2.22. The zero-order valence-electron chi connectivity index (χ0n) is 14.2. The number of piperidine rings is 1. The van der Waals surface area contributed by atoms with Crippen LogP contribution in [0.4, 0.5) is 5.13 Å². The van der Waals surface area contributed by atoms with E-state index in [0.717, 1.165) is 18.8 Å². The Bertz CT molecular complexity index is 622. The fourth-order valence-electron chi connectivity index (χ4n) is 3.25. The number of likely N-dealkylation sites (tertiary alicyclic amines) is 1. The lowest BCUT2D eigenvalue weighted by molar-refractivity contribution is 0.160. The molecule has 1 atom stereocenters. The number of anilines is 1. The van der Waals surface area contributed by atoms with E-state index in [1.54, 1.807) is 18.4 Å². The summed E-state index contributed by atoms with van der Waals surface area (Å²) < 4.78 is 5.29. The van der Waals surface area contributed by atoms with Gasteiger partial charge in [0.05, 0.1) is 7.11 Å². The normalized spacial score (nSPS) is 16.9. The van der Waals surface area contributed by atoms with Crippen LogP contribution < -0.4 is 15.8 Å². The van der Waals surface area contributed by atoms with Gasteiger partial charge in [0.1, 0.15) is 5.75 Å². The standard InChI is InChI=1S/C18H26N4OS/c1-23-15-7-5-14(6-8-15)17(22-9-3-2-4-10-22)13-20-11-16-12-21-18(19)24-16/h5-8,12,17,20H,2-4,9-11,13H2,1H3,(H2,19,21). The van der Waals surface area contributed by atoms with Gasteiger partial charge in [-0.2, -0.15) is 0 Å². The summed E-state index contributed by atoms with van der Waals surface area (Å²) in [5.74, 6) is 0.907. The summed E-state index contributed by atoms with van der Waals surface area (Å²) in [6.07, 6.45) is 5.78. The van der Waals surface area contributed by atoms with Gasteiger partial charge in [-0.25, -0.2) is 4.98 Å². The molecule has 2 heterocycles. The minimum atomic E-state index is 0.390. The maximum Gasteiger partial charge on any atom is 0.180 e. The molecule has 0 radical (unpaired) electrons. The molecule has 0 bridgehead atoms. The van der Waals surface area contributed by atoms with Crippen molar-refractivity contribution in [1.82, 2.24) is 15.2 Å². The lowest BCUT2D eigenvalue weighted by atomic mass is 10.0. The van der Waals surface area contributed by atoms with Gasteiger partial charge in [-0.15, -0.1) is 11.3 Å². The summed E-state index contributed by atoms with van der Waals surface area (Å²) in [7, 11) is 1.71. The van der Waals surface area contributed by atoms with Crippen molar-refractivity contribution in [1.29, 1.82) is 0 Å². The second-order valence-electron chi connectivity index (χ2n) is 6.18. The largest absolute Gasteiger partial charge is 0.497 e.